The first-order valence-corrected chi connectivity index (χ1v) is 8.25. The molecular formula is C14H16N4O3S. The Morgan fingerprint density at radius 2 is 2.14 bits per heavy atom. The number of hydrogen-bond donors (Lipinski definition) is 1. The highest BCUT2D eigenvalue weighted by molar-refractivity contribution is 7.89. The van der Waals surface area contributed by atoms with Crippen molar-refractivity contribution >= 4 is 15.8 Å². The molecule has 0 aliphatic carbocycles. The second-order valence-corrected chi connectivity index (χ2v) is 6.84. The fraction of sp³-hybridized carbons (Fsp3) is 0.286. The van der Waals surface area contributed by atoms with Crippen molar-refractivity contribution in [1.82, 2.24) is 14.3 Å². The number of pyridine rings is 2. The van der Waals surface area contributed by atoms with E-state index in [9.17, 15) is 8.42 Å². The van der Waals surface area contributed by atoms with Crippen LogP contribution in [0.5, 0.6) is 0 Å². The van der Waals surface area contributed by atoms with Crippen molar-refractivity contribution in [1.29, 1.82) is 0 Å². The Morgan fingerprint density at radius 3 is 2.86 bits per heavy atom. The lowest BCUT2D eigenvalue weighted by Gasteiger charge is -2.31. The number of ether oxygens (including phenoxy) is 1. The molecule has 1 fully saturated rings. The Hall–Kier alpha value is -2.03. The summed E-state index contributed by atoms with van der Waals surface area (Å²) in [6.45, 7) is 0.810. The van der Waals surface area contributed by atoms with E-state index in [0.717, 1.165) is 0 Å². The Kier molecular flexibility index (Phi) is 4.06. The van der Waals surface area contributed by atoms with E-state index in [1.807, 2.05) is 0 Å². The van der Waals surface area contributed by atoms with E-state index < -0.39 is 16.1 Å². The smallest absolute Gasteiger partial charge is 0.244 e. The number of nitrogen functional groups attached to an aromatic ring is 1. The maximum Gasteiger partial charge on any atom is 0.244 e. The summed E-state index contributed by atoms with van der Waals surface area (Å²) >= 11 is 0. The van der Waals surface area contributed by atoms with Crippen LogP contribution in [0, 0.1) is 0 Å². The average Bonchev–Trinajstić information content (AvgIpc) is 2.56. The third-order valence-corrected chi connectivity index (χ3v) is 5.27. The molecule has 0 aromatic carbocycles. The first kappa shape index (κ1) is 14.9. The molecule has 0 amide bonds. The van der Waals surface area contributed by atoms with Gasteiger partial charge in [0.05, 0.1) is 12.3 Å². The highest BCUT2D eigenvalue weighted by Gasteiger charge is 2.32. The lowest BCUT2D eigenvalue weighted by atomic mass is 10.2. The van der Waals surface area contributed by atoms with E-state index in [2.05, 4.69) is 9.97 Å². The SMILES string of the molecule is Nc1cccc([C@H]2CN(S(=O)(=O)c3cccnc3)CCO2)n1. The Balaban J connectivity index is 1.84. The molecule has 2 aromatic rings. The number of morpholine rings is 1. The fourth-order valence-electron chi connectivity index (χ4n) is 2.32. The molecule has 1 aliphatic heterocycles. The summed E-state index contributed by atoms with van der Waals surface area (Å²) in [5.41, 5.74) is 6.30. The predicted octanol–water partition coefficient (Wildman–Crippen LogP) is 0.821. The van der Waals surface area contributed by atoms with Crippen molar-refractivity contribution in [2.75, 3.05) is 25.4 Å². The van der Waals surface area contributed by atoms with Gasteiger partial charge in [0, 0.05) is 25.5 Å². The molecule has 0 radical (unpaired) electrons. The van der Waals surface area contributed by atoms with Crippen LogP contribution in [-0.4, -0.2) is 42.4 Å². The van der Waals surface area contributed by atoms with Crippen molar-refractivity contribution in [2.45, 2.75) is 11.0 Å². The largest absolute Gasteiger partial charge is 0.384 e. The second kappa shape index (κ2) is 5.99. The van der Waals surface area contributed by atoms with E-state index >= 15 is 0 Å². The van der Waals surface area contributed by atoms with Crippen LogP contribution >= 0.6 is 0 Å². The van der Waals surface area contributed by atoms with Gasteiger partial charge in [0.15, 0.2) is 0 Å². The van der Waals surface area contributed by atoms with Gasteiger partial charge in [0.25, 0.3) is 0 Å². The fourth-order valence-corrected chi connectivity index (χ4v) is 3.71. The third kappa shape index (κ3) is 2.94. The highest BCUT2D eigenvalue weighted by atomic mass is 32.2. The van der Waals surface area contributed by atoms with Crippen molar-refractivity contribution < 1.29 is 13.2 Å². The van der Waals surface area contributed by atoms with Crippen molar-refractivity contribution in [2.24, 2.45) is 0 Å². The van der Waals surface area contributed by atoms with E-state index in [1.54, 1.807) is 24.3 Å². The average molecular weight is 320 g/mol. The van der Waals surface area contributed by atoms with Crippen LogP contribution < -0.4 is 5.73 Å². The van der Waals surface area contributed by atoms with Gasteiger partial charge in [-0.05, 0) is 24.3 Å². The lowest BCUT2D eigenvalue weighted by Crippen LogP contribution is -2.42. The van der Waals surface area contributed by atoms with Crippen molar-refractivity contribution in [3.05, 3.63) is 48.4 Å². The Bertz CT molecular complexity index is 752. The van der Waals surface area contributed by atoms with Gasteiger partial charge in [-0.2, -0.15) is 4.31 Å². The van der Waals surface area contributed by atoms with E-state index in [-0.39, 0.29) is 11.4 Å². The van der Waals surface area contributed by atoms with Gasteiger partial charge in [-0.3, -0.25) is 4.98 Å². The third-order valence-electron chi connectivity index (χ3n) is 3.42. The zero-order valence-electron chi connectivity index (χ0n) is 11.8. The number of aromatic nitrogens is 2. The molecule has 2 aromatic heterocycles. The summed E-state index contributed by atoms with van der Waals surface area (Å²) in [5.74, 6) is 0.383. The molecular weight excluding hydrogens is 304 g/mol. The molecule has 1 atom stereocenters. The molecule has 0 saturated carbocycles. The maximum atomic E-state index is 12.6. The standard InChI is InChI=1S/C14H16N4O3S/c15-14-5-1-4-12(17-14)13-10-18(7-8-21-13)22(19,20)11-3-2-6-16-9-11/h1-6,9,13H,7-8,10H2,(H2,15,17)/t13-/m1/s1. The highest BCUT2D eigenvalue weighted by Crippen LogP contribution is 2.25. The van der Waals surface area contributed by atoms with Crippen LogP contribution in [0.25, 0.3) is 0 Å². The summed E-state index contributed by atoms with van der Waals surface area (Å²) < 4.78 is 32.3. The molecule has 0 spiro atoms. The molecule has 8 heteroatoms. The minimum absolute atomic E-state index is 0.177. The van der Waals surface area contributed by atoms with Crippen LogP contribution in [0.15, 0.2) is 47.6 Å². The molecule has 2 N–H and O–H groups in total. The summed E-state index contributed by atoms with van der Waals surface area (Å²) in [6.07, 6.45) is 2.46. The number of anilines is 1. The van der Waals surface area contributed by atoms with Crippen LogP contribution in [-0.2, 0) is 14.8 Å². The minimum Gasteiger partial charge on any atom is -0.384 e. The molecule has 22 heavy (non-hydrogen) atoms. The number of sulfonamides is 1. The van der Waals surface area contributed by atoms with Crippen molar-refractivity contribution in [3.8, 4) is 0 Å². The number of hydrogen-bond acceptors (Lipinski definition) is 6. The summed E-state index contributed by atoms with van der Waals surface area (Å²) in [7, 11) is -3.58. The van der Waals surface area contributed by atoms with Gasteiger partial charge in [-0.15, -0.1) is 0 Å². The maximum absolute atomic E-state index is 12.6. The number of rotatable bonds is 3. The van der Waals surface area contributed by atoms with Gasteiger partial charge in [-0.1, -0.05) is 6.07 Å². The van der Waals surface area contributed by atoms with Crippen LogP contribution in [0.2, 0.25) is 0 Å². The van der Waals surface area contributed by atoms with Crippen LogP contribution in [0.4, 0.5) is 5.82 Å². The Morgan fingerprint density at radius 1 is 1.27 bits per heavy atom. The summed E-state index contributed by atoms with van der Waals surface area (Å²) in [6, 6.07) is 8.36. The van der Waals surface area contributed by atoms with Gasteiger partial charge in [0.2, 0.25) is 10.0 Å². The van der Waals surface area contributed by atoms with E-state index in [1.165, 1.54) is 22.8 Å². The molecule has 116 valence electrons. The zero-order valence-corrected chi connectivity index (χ0v) is 12.6. The van der Waals surface area contributed by atoms with E-state index in [0.29, 0.717) is 24.7 Å². The summed E-state index contributed by atoms with van der Waals surface area (Å²) in [4.78, 5) is 8.25. The topological polar surface area (TPSA) is 98.4 Å². The number of nitrogens with zero attached hydrogens (tertiary/aromatic N) is 3. The van der Waals surface area contributed by atoms with Crippen LogP contribution in [0.1, 0.15) is 11.8 Å². The molecule has 3 heterocycles. The van der Waals surface area contributed by atoms with Crippen LogP contribution in [0.3, 0.4) is 0 Å². The first-order chi connectivity index (χ1) is 10.6. The lowest BCUT2D eigenvalue weighted by molar-refractivity contribution is -0.00486. The first-order valence-electron chi connectivity index (χ1n) is 6.81. The van der Waals surface area contributed by atoms with E-state index in [4.69, 9.17) is 10.5 Å². The van der Waals surface area contributed by atoms with Gasteiger partial charge in [0.1, 0.15) is 16.8 Å². The zero-order chi connectivity index (χ0) is 15.6. The minimum atomic E-state index is -3.58. The number of nitrogens with two attached hydrogens (primary N) is 1. The van der Waals surface area contributed by atoms with Gasteiger partial charge in [-0.25, -0.2) is 13.4 Å². The molecule has 1 aliphatic rings. The molecule has 3 rings (SSSR count). The van der Waals surface area contributed by atoms with Gasteiger partial charge < -0.3 is 10.5 Å². The predicted molar refractivity (Wildman–Crippen MR) is 80.3 cm³/mol. The normalized spacial score (nSPS) is 19.9. The molecule has 1 saturated heterocycles. The Labute approximate surface area is 128 Å². The van der Waals surface area contributed by atoms with Gasteiger partial charge >= 0.3 is 0 Å². The monoisotopic (exact) mass is 320 g/mol. The van der Waals surface area contributed by atoms with Crippen molar-refractivity contribution in [3.63, 3.8) is 0 Å². The quantitative estimate of drug-likeness (QED) is 0.899. The molecule has 7 nitrogen and oxygen atoms in total. The summed E-state index contributed by atoms with van der Waals surface area (Å²) in [5, 5.41) is 0. The molecule has 0 unspecified atom stereocenters. The second-order valence-electron chi connectivity index (χ2n) is 4.90. The molecule has 0 bridgehead atoms.